The molecule has 108 valence electrons. The molecule has 1 fully saturated rings. The van der Waals surface area contributed by atoms with E-state index < -0.39 is 0 Å². The first-order valence-electron chi connectivity index (χ1n) is 7.26. The van der Waals surface area contributed by atoms with Gasteiger partial charge in [0.1, 0.15) is 0 Å². The molecule has 7 heteroatoms. The summed E-state index contributed by atoms with van der Waals surface area (Å²) in [6, 6.07) is 0.185. The average Bonchev–Trinajstić information content (AvgIpc) is 3.07. The Morgan fingerprint density at radius 2 is 2.24 bits per heavy atom. The summed E-state index contributed by atoms with van der Waals surface area (Å²) in [5, 5.41) is 11.9. The summed E-state index contributed by atoms with van der Waals surface area (Å²) >= 11 is 0. The number of rotatable bonds is 2. The molecule has 0 saturated carbocycles. The number of fused-ring (bicyclic) bond motifs is 1. The highest BCUT2D eigenvalue weighted by atomic mass is 16.5. The zero-order chi connectivity index (χ0) is 14.1. The summed E-state index contributed by atoms with van der Waals surface area (Å²) in [5.74, 6) is 1.23. The van der Waals surface area contributed by atoms with Crippen LogP contribution in [0.4, 0.5) is 0 Å². The van der Waals surface area contributed by atoms with E-state index in [4.69, 9.17) is 4.52 Å². The van der Waals surface area contributed by atoms with Crippen LogP contribution in [0.3, 0.4) is 0 Å². The van der Waals surface area contributed by atoms with Crippen molar-refractivity contribution in [2.75, 3.05) is 6.54 Å². The van der Waals surface area contributed by atoms with E-state index in [0.717, 1.165) is 29.9 Å². The molecular weight excluding hydrogens is 268 g/mol. The maximum Gasteiger partial charge on any atom is 0.261 e. The van der Waals surface area contributed by atoms with Gasteiger partial charge >= 0.3 is 0 Å². The van der Waals surface area contributed by atoms with Crippen LogP contribution < -0.4 is 5.32 Å². The van der Waals surface area contributed by atoms with Gasteiger partial charge in [-0.15, -0.1) is 0 Å². The van der Waals surface area contributed by atoms with E-state index in [2.05, 4.69) is 25.5 Å². The van der Waals surface area contributed by atoms with Crippen LogP contribution in [0.1, 0.15) is 37.5 Å². The lowest BCUT2D eigenvalue weighted by atomic mass is 10.1. The molecule has 21 heavy (non-hydrogen) atoms. The number of hydrogen-bond acceptors (Lipinski definition) is 6. The Bertz CT molecular complexity index is 741. The minimum absolute atomic E-state index is 0.185. The number of hydrogen-bond donors (Lipinski definition) is 1. The fraction of sp³-hybridized carbons (Fsp3) is 0.429. The van der Waals surface area contributed by atoms with Gasteiger partial charge in [-0.1, -0.05) is 18.0 Å². The van der Waals surface area contributed by atoms with E-state index in [1.54, 1.807) is 29.3 Å². The lowest BCUT2D eigenvalue weighted by molar-refractivity contribution is 0.402. The van der Waals surface area contributed by atoms with E-state index in [-0.39, 0.29) is 6.04 Å². The van der Waals surface area contributed by atoms with Gasteiger partial charge in [0, 0.05) is 12.4 Å². The lowest BCUT2D eigenvalue weighted by Crippen LogP contribution is -2.21. The first kappa shape index (κ1) is 12.5. The van der Waals surface area contributed by atoms with Gasteiger partial charge in [0.25, 0.3) is 5.89 Å². The van der Waals surface area contributed by atoms with Gasteiger partial charge in [0.2, 0.25) is 0 Å². The van der Waals surface area contributed by atoms with Crippen molar-refractivity contribution < 1.29 is 4.52 Å². The third kappa shape index (κ3) is 2.29. The molecule has 1 aliphatic rings. The third-order valence-electron chi connectivity index (χ3n) is 3.87. The molecule has 1 atom stereocenters. The quantitative estimate of drug-likeness (QED) is 0.775. The van der Waals surface area contributed by atoms with E-state index in [1.165, 1.54) is 19.3 Å². The molecule has 0 radical (unpaired) electrons. The highest BCUT2D eigenvalue weighted by Crippen LogP contribution is 2.25. The first-order chi connectivity index (χ1) is 10.4. The molecule has 0 spiro atoms. The second kappa shape index (κ2) is 5.25. The first-order valence-corrected chi connectivity index (χ1v) is 7.26. The predicted molar refractivity (Wildman–Crippen MR) is 75.5 cm³/mol. The SMILES string of the molecule is c1cn2ncc(-c3nc(C4CCCCCN4)no3)c2cn1. The van der Waals surface area contributed by atoms with Crippen LogP contribution in [0, 0.1) is 0 Å². The van der Waals surface area contributed by atoms with Gasteiger partial charge in [-0.3, -0.25) is 4.98 Å². The zero-order valence-corrected chi connectivity index (χ0v) is 11.6. The second-order valence-corrected chi connectivity index (χ2v) is 5.28. The maximum atomic E-state index is 5.43. The largest absolute Gasteiger partial charge is 0.334 e. The predicted octanol–water partition coefficient (Wildman–Crippen LogP) is 1.98. The van der Waals surface area contributed by atoms with Crippen molar-refractivity contribution in [2.24, 2.45) is 0 Å². The van der Waals surface area contributed by atoms with E-state index in [1.807, 2.05) is 0 Å². The molecule has 0 bridgehead atoms. The monoisotopic (exact) mass is 284 g/mol. The van der Waals surface area contributed by atoms with Crippen LogP contribution in [-0.4, -0.2) is 31.3 Å². The van der Waals surface area contributed by atoms with Crippen molar-refractivity contribution in [3.63, 3.8) is 0 Å². The van der Waals surface area contributed by atoms with Gasteiger partial charge < -0.3 is 9.84 Å². The van der Waals surface area contributed by atoms with Crippen LogP contribution >= 0.6 is 0 Å². The molecule has 4 rings (SSSR count). The summed E-state index contributed by atoms with van der Waals surface area (Å²) in [6.07, 6.45) is 11.7. The number of nitrogens with zero attached hydrogens (tertiary/aromatic N) is 5. The minimum Gasteiger partial charge on any atom is -0.334 e. The van der Waals surface area contributed by atoms with Crippen molar-refractivity contribution in [3.8, 4) is 11.5 Å². The topological polar surface area (TPSA) is 81.1 Å². The smallest absolute Gasteiger partial charge is 0.261 e. The number of nitrogens with one attached hydrogen (secondary N) is 1. The molecule has 0 aliphatic carbocycles. The fourth-order valence-electron chi connectivity index (χ4n) is 2.73. The molecule has 3 aromatic rings. The van der Waals surface area contributed by atoms with Crippen molar-refractivity contribution in [3.05, 3.63) is 30.6 Å². The van der Waals surface area contributed by atoms with Crippen LogP contribution in [0.15, 0.2) is 29.3 Å². The minimum atomic E-state index is 0.185. The van der Waals surface area contributed by atoms with Crippen LogP contribution in [-0.2, 0) is 0 Å². The van der Waals surface area contributed by atoms with Crippen LogP contribution in [0.25, 0.3) is 17.0 Å². The molecule has 1 unspecified atom stereocenters. The van der Waals surface area contributed by atoms with E-state index in [9.17, 15) is 0 Å². The van der Waals surface area contributed by atoms with Crippen LogP contribution in [0.2, 0.25) is 0 Å². The fourth-order valence-corrected chi connectivity index (χ4v) is 2.73. The summed E-state index contributed by atoms with van der Waals surface area (Å²) in [6.45, 7) is 1.01. The summed E-state index contributed by atoms with van der Waals surface area (Å²) in [7, 11) is 0. The van der Waals surface area contributed by atoms with E-state index in [0.29, 0.717) is 5.89 Å². The Morgan fingerprint density at radius 1 is 1.24 bits per heavy atom. The van der Waals surface area contributed by atoms with Gasteiger partial charge in [-0.25, -0.2) is 4.52 Å². The molecule has 1 saturated heterocycles. The standard InChI is InChI=1S/C14H16N6O/c1-2-4-11(16-5-3-1)13-18-14(21-19-13)10-8-17-20-7-6-15-9-12(10)20/h6-9,11,16H,1-5H2. The third-order valence-corrected chi connectivity index (χ3v) is 3.87. The average molecular weight is 284 g/mol. The molecule has 7 nitrogen and oxygen atoms in total. The lowest BCUT2D eigenvalue weighted by Gasteiger charge is -2.09. The highest BCUT2D eigenvalue weighted by Gasteiger charge is 2.21. The maximum absolute atomic E-state index is 5.43. The summed E-state index contributed by atoms with van der Waals surface area (Å²) < 4.78 is 7.18. The Kier molecular flexibility index (Phi) is 3.11. The Labute approximate surface area is 121 Å². The summed E-state index contributed by atoms with van der Waals surface area (Å²) in [5.41, 5.74) is 1.68. The molecular formula is C14H16N6O. The summed E-state index contributed by atoms with van der Waals surface area (Å²) in [4.78, 5) is 8.66. The highest BCUT2D eigenvalue weighted by molar-refractivity contribution is 5.73. The Hall–Kier alpha value is -2.28. The molecule has 0 aromatic carbocycles. The van der Waals surface area contributed by atoms with Crippen molar-refractivity contribution in [1.82, 2.24) is 30.1 Å². The van der Waals surface area contributed by atoms with Gasteiger partial charge in [0.05, 0.1) is 29.5 Å². The molecule has 1 N–H and O–H groups in total. The van der Waals surface area contributed by atoms with Crippen molar-refractivity contribution in [1.29, 1.82) is 0 Å². The second-order valence-electron chi connectivity index (χ2n) is 5.28. The van der Waals surface area contributed by atoms with Crippen molar-refractivity contribution >= 4 is 5.52 Å². The molecule has 3 aromatic heterocycles. The van der Waals surface area contributed by atoms with Gasteiger partial charge in [0.15, 0.2) is 5.82 Å². The van der Waals surface area contributed by atoms with Gasteiger partial charge in [-0.05, 0) is 19.4 Å². The van der Waals surface area contributed by atoms with Gasteiger partial charge in [-0.2, -0.15) is 10.1 Å². The normalized spacial score (nSPS) is 19.7. The van der Waals surface area contributed by atoms with Crippen LogP contribution in [0.5, 0.6) is 0 Å². The van der Waals surface area contributed by atoms with E-state index >= 15 is 0 Å². The zero-order valence-electron chi connectivity index (χ0n) is 11.6. The van der Waals surface area contributed by atoms with Crippen molar-refractivity contribution in [2.45, 2.75) is 31.7 Å². The molecule has 0 amide bonds. The Morgan fingerprint density at radius 3 is 3.24 bits per heavy atom. The molecule has 4 heterocycles. The number of aromatic nitrogens is 5. The molecule has 1 aliphatic heterocycles. The Balaban J connectivity index is 1.67.